The van der Waals surface area contributed by atoms with Crippen LogP contribution in [0.3, 0.4) is 0 Å². The maximum atomic E-state index is 12.7. The van der Waals surface area contributed by atoms with Crippen molar-refractivity contribution in [3.8, 4) is 5.75 Å². The second-order valence-electron chi connectivity index (χ2n) is 6.43. The van der Waals surface area contributed by atoms with Gasteiger partial charge in [-0.3, -0.25) is 15.0 Å². The summed E-state index contributed by atoms with van der Waals surface area (Å²) in [6, 6.07) is 7.44. The van der Waals surface area contributed by atoms with Gasteiger partial charge in [0.15, 0.2) is 4.34 Å². The Morgan fingerprint density at radius 2 is 1.97 bits per heavy atom. The number of benzene rings is 1. The van der Waals surface area contributed by atoms with E-state index in [9.17, 15) is 9.59 Å². The quantitative estimate of drug-likeness (QED) is 0.391. The lowest BCUT2D eigenvalue weighted by atomic mass is 10.2. The van der Waals surface area contributed by atoms with Crippen molar-refractivity contribution in [1.29, 1.82) is 0 Å². The highest BCUT2D eigenvalue weighted by Gasteiger charge is 2.14. The molecule has 3 heterocycles. The van der Waals surface area contributed by atoms with Crippen LogP contribution in [0.15, 0.2) is 39.7 Å². The number of hydrogen-bond acceptors (Lipinski definition) is 10. The van der Waals surface area contributed by atoms with E-state index in [1.807, 2.05) is 38.1 Å². The van der Waals surface area contributed by atoms with Crippen LogP contribution in [0.5, 0.6) is 5.75 Å². The number of amides is 1. The molecule has 0 bridgehead atoms. The summed E-state index contributed by atoms with van der Waals surface area (Å²) in [6.07, 6.45) is 1.34. The fourth-order valence-corrected chi connectivity index (χ4v) is 5.28. The smallest absolute Gasteiger partial charge is 0.281 e. The lowest BCUT2D eigenvalue weighted by Crippen LogP contribution is -2.34. The van der Waals surface area contributed by atoms with Gasteiger partial charge in [0.05, 0.1) is 18.2 Å². The summed E-state index contributed by atoms with van der Waals surface area (Å²) in [4.78, 5) is 31.0. The summed E-state index contributed by atoms with van der Waals surface area (Å²) in [7, 11) is 1.61. The van der Waals surface area contributed by atoms with Crippen LogP contribution in [0.1, 0.15) is 10.4 Å². The summed E-state index contributed by atoms with van der Waals surface area (Å²) in [5.74, 6) is 0.518. The number of thioether (sulfide) groups is 1. The minimum absolute atomic E-state index is 0.0866. The SMILES string of the molecule is COc1ccc(Nc2nnc(SCC(=O)Nn3cnc4sc(C)c(C)c4c3=O)s2)cc1. The van der Waals surface area contributed by atoms with Crippen molar-refractivity contribution >= 4 is 61.4 Å². The first kappa shape index (κ1) is 21.3. The van der Waals surface area contributed by atoms with Gasteiger partial charge in [-0.15, -0.1) is 21.5 Å². The number of aryl methyl sites for hydroxylation is 2. The van der Waals surface area contributed by atoms with Crippen LogP contribution in [0, 0.1) is 13.8 Å². The molecule has 0 atom stereocenters. The van der Waals surface area contributed by atoms with Gasteiger partial charge < -0.3 is 10.1 Å². The molecule has 0 aliphatic carbocycles. The minimum atomic E-state index is -0.335. The number of carbonyl (C=O) groups is 1. The number of nitrogens with zero attached hydrogens (tertiary/aromatic N) is 4. The average molecular weight is 475 g/mol. The lowest BCUT2D eigenvalue weighted by molar-refractivity contribution is -0.114. The van der Waals surface area contributed by atoms with Crippen LogP contribution in [-0.4, -0.2) is 38.6 Å². The highest BCUT2D eigenvalue weighted by atomic mass is 32.2. The summed E-state index contributed by atoms with van der Waals surface area (Å²) in [6.45, 7) is 3.83. The zero-order chi connectivity index (χ0) is 22.0. The van der Waals surface area contributed by atoms with Gasteiger partial charge >= 0.3 is 0 Å². The van der Waals surface area contributed by atoms with E-state index in [4.69, 9.17) is 4.74 Å². The molecule has 12 heteroatoms. The Kier molecular flexibility index (Phi) is 6.20. The molecule has 0 aliphatic rings. The first-order chi connectivity index (χ1) is 14.9. The number of aromatic nitrogens is 4. The molecule has 0 aliphatic heterocycles. The molecular formula is C19H18N6O3S3. The van der Waals surface area contributed by atoms with Gasteiger partial charge in [0.25, 0.3) is 5.56 Å². The van der Waals surface area contributed by atoms with E-state index in [-0.39, 0.29) is 17.2 Å². The van der Waals surface area contributed by atoms with Crippen molar-refractivity contribution in [3.05, 3.63) is 51.4 Å². The third kappa shape index (κ3) is 4.70. The molecule has 0 saturated carbocycles. The number of methoxy groups -OCH3 is 1. The molecule has 0 radical (unpaired) electrons. The number of hydrogen-bond donors (Lipinski definition) is 2. The van der Waals surface area contributed by atoms with E-state index in [1.54, 1.807) is 7.11 Å². The molecule has 4 aromatic rings. The molecule has 1 aromatic carbocycles. The maximum absolute atomic E-state index is 12.7. The number of fused-ring (bicyclic) bond motifs is 1. The second kappa shape index (κ2) is 9.04. The summed E-state index contributed by atoms with van der Waals surface area (Å²) in [5.41, 5.74) is 4.04. The van der Waals surface area contributed by atoms with Crippen LogP contribution in [0.25, 0.3) is 10.2 Å². The molecule has 1 amide bonds. The van der Waals surface area contributed by atoms with E-state index in [1.165, 1.54) is 40.8 Å². The third-order valence-electron chi connectivity index (χ3n) is 4.41. The lowest BCUT2D eigenvalue weighted by Gasteiger charge is -2.06. The first-order valence-electron chi connectivity index (χ1n) is 9.09. The summed E-state index contributed by atoms with van der Waals surface area (Å²) >= 11 is 4.04. The molecule has 2 N–H and O–H groups in total. The fourth-order valence-electron chi connectivity index (χ4n) is 2.72. The van der Waals surface area contributed by atoms with Crippen LogP contribution < -0.4 is 21.0 Å². The fraction of sp³-hybridized carbons (Fsp3) is 0.211. The third-order valence-corrected chi connectivity index (χ3v) is 7.50. The second-order valence-corrected chi connectivity index (χ2v) is 9.84. The van der Waals surface area contributed by atoms with Crippen molar-refractivity contribution in [2.45, 2.75) is 18.2 Å². The van der Waals surface area contributed by atoms with Gasteiger partial charge in [-0.2, -0.15) is 0 Å². The number of carbonyl (C=O) groups excluding carboxylic acids is 1. The Bertz CT molecular complexity index is 1300. The monoisotopic (exact) mass is 474 g/mol. The van der Waals surface area contributed by atoms with Gasteiger partial charge in [0.2, 0.25) is 11.0 Å². The molecule has 0 fully saturated rings. The highest BCUT2D eigenvalue weighted by molar-refractivity contribution is 8.01. The molecular weight excluding hydrogens is 456 g/mol. The maximum Gasteiger partial charge on any atom is 0.281 e. The van der Waals surface area contributed by atoms with Gasteiger partial charge in [-0.25, -0.2) is 9.66 Å². The number of anilines is 2. The molecule has 160 valence electrons. The highest BCUT2D eigenvalue weighted by Crippen LogP contribution is 2.28. The van der Waals surface area contributed by atoms with Gasteiger partial charge in [-0.05, 0) is 43.7 Å². The Balaban J connectivity index is 1.36. The van der Waals surface area contributed by atoms with Gasteiger partial charge in [0, 0.05) is 10.6 Å². The number of nitrogens with one attached hydrogen (secondary N) is 2. The van der Waals surface area contributed by atoms with Crippen molar-refractivity contribution in [2.75, 3.05) is 23.6 Å². The molecule has 4 rings (SSSR count). The van der Waals surface area contributed by atoms with Crippen LogP contribution in [-0.2, 0) is 4.79 Å². The van der Waals surface area contributed by atoms with Crippen molar-refractivity contribution in [1.82, 2.24) is 19.9 Å². The van der Waals surface area contributed by atoms with Crippen LogP contribution in [0.2, 0.25) is 0 Å². The summed E-state index contributed by atoms with van der Waals surface area (Å²) in [5, 5.41) is 12.5. The molecule has 0 spiro atoms. The van der Waals surface area contributed by atoms with Crippen molar-refractivity contribution < 1.29 is 9.53 Å². The van der Waals surface area contributed by atoms with Gasteiger partial charge in [-0.1, -0.05) is 23.1 Å². The van der Waals surface area contributed by atoms with E-state index in [0.717, 1.165) is 26.6 Å². The first-order valence-corrected chi connectivity index (χ1v) is 11.7. The van der Waals surface area contributed by atoms with E-state index >= 15 is 0 Å². The predicted octanol–water partition coefficient (Wildman–Crippen LogP) is 3.54. The van der Waals surface area contributed by atoms with Crippen molar-refractivity contribution in [2.24, 2.45) is 0 Å². The molecule has 3 aromatic heterocycles. The van der Waals surface area contributed by atoms with Crippen LogP contribution in [0.4, 0.5) is 10.8 Å². The minimum Gasteiger partial charge on any atom is -0.497 e. The number of ether oxygens (including phenoxy) is 1. The largest absolute Gasteiger partial charge is 0.497 e. The Morgan fingerprint density at radius 3 is 2.71 bits per heavy atom. The number of rotatable bonds is 7. The Labute approximate surface area is 189 Å². The average Bonchev–Trinajstić information content (AvgIpc) is 3.33. The zero-order valence-corrected chi connectivity index (χ0v) is 19.3. The summed E-state index contributed by atoms with van der Waals surface area (Å²) < 4.78 is 6.90. The van der Waals surface area contributed by atoms with Crippen LogP contribution >= 0.6 is 34.4 Å². The van der Waals surface area contributed by atoms with Crippen molar-refractivity contribution in [3.63, 3.8) is 0 Å². The molecule has 9 nitrogen and oxygen atoms in total. The standard InChI is InChI=1S/C19H18N6O3S3/c1-10-11(2)30-16-15(10)17(27)25(9-20-16)24-14(26)8-29-19-23-22-18(31-19)21-12-4-6-13(28-3)7-5-12/h4-7,9H,8H2,1-3H3,(H,21,22)(H,24,26). The Morgan fingerprint density at radius 1 is 1.19 bits per heavy atom. The van der Waals surface area contributed by atoms with E-state index in [0.29, 0.717) is 19.7 Å². The molecule has 31 heavy (non-hydrogen) atoms. The number of thiophene rings is 1. The topological polar surface area (TPSA) is 111 Å². The normalized spacial score (nSPS) is 10.9. The Hall–Kier alpha value is -2.96. The predicted molar refractivity (Wildman–Crippen MR) is 125 cm³/mol. The molecule has 0 saturated heterocycles. The zero-order valence-electron chi connectivity index (χ0n) is 16.8. The van der Waals surface area contributed by atoms with Gasteiger partial charge in [0.1, 0.15) is 16.9 Å². The molecule has 0 unspecified atom stereocenters. The van der Waals surface area contributed by atoms with E-state index < -0.39 is 0 Å². The van der Waals surface area contributed by atoms with E-state index in [2.05, 4.69) is 25.9 Å².